The molecule has 1 aromatic rings. The van der Waals surface area contributed by atoms with Crippen LogP contribution in [-0.2, 0) is 6.18 Å². The number of rotatable bonds is 5. The number of anilines is 1. The second-order valence-electron chi connectivity index (χ2n) is 3.47. The summed E-state index contributed by atoms with van der Waals surface area (Å²) in [6.07, 6.45) is -3.32. The molecule has 0 bridgehead atoms. The molecule has 1 atom stereocenters. The van der Waals surface area contributed by atoms with E-state index >= 15 is 0 Å². The SMILES string of the molecule is CCSCC(C)Nc1nccc(C(F)(F)F)n1. The van der Waals surface area contributed by atoms with Crippen LogP contribution < -0.4 is 5.32 Å². The van der Waals surface area contributed by atoms with E-state index in [1.54, 1.807) is 11.8 Å². The average molecular weight is 265 g/mol. The summed E-state index contributed by atoms with van der Waals surface area (Å²) < 4.78 is 37.2. The molecule has 1 heterocycles. The Balaban J connectivity index is 2.66. The maximum atomic E-state index is 12.4. The first-order valence-corrected chi connectivity index (χ1v) is 6.33. The highest BCUT2D eigenvalue weighted by atomic mass is 32.2. The summed E-state index contributed by atoms with van der Waals surface area (Å²) >= 11 is 1.70. The molecule has 96 valence electrons. The summed E-state index contributed by atoms with van der Waals surface area (Å²) in [4.78, 5) is 7.21. The zero-order chi connectivity index (χ0) is 12.9. The predicted octanol–water partition coefficient (Wildman–Crippen LogP) is 3.05. The molecule has 0 amide bonds. The second-order valence-corrected chi connectivity index (χ2v) is 4.79. The van der Waals surface area contributed by atoms with Gasteiger partial charge in [-0.25, -0.2) is 9.97 Å². The van der Waals surface area contributed by atoms with Gasteiger partial charge in [-0.1, -0.05) is 6.92 Å². The fraction of sp³-hybridized carbons (Fsp3) is 0.600. The second kappa shape index (κ2) is 6.09. The van der Waals surface area contributed by atoms with Crippen molar-refractivity contribution in [2.24, 2.45) is 0 Å². The maximum absolute atomic E-state index is 12.4. The average Bonchev–Trinajstić information content (AvgIpc) is 2.25. The van der Waals surface area contributed by atoms with Gasteiger partial charge in [0.15, 0.2) is 0 Å². The van der Waals surface area contributed by atoms with Crippen molar-refractivity contribution < 1.29 is 13.2 Å². The Labute approximate surface area is 102 Å². The van der Waals surface area contributed by atoms with Gasteiger partial charge in [0.2, 0.25) is 5.95 Å². The molecule has 0 saturated heterocycles. The first-order valence-electron chi connectivity index (χ1n) is 5.18. The lowest BCUT2D eigenvalue weighted by atomic mass is 10.4. The monoisotopic (exact) mass is 265 g/mol. The van der Waals surface area contributed by atoms with Crippen molar-refractivity contribution in [3.05, 3.63) is 18.0 Å². The van der Waals surface area contributed by atoms with Crippen LogP contribution in [0.25, 0.3) is 0 Å². The Hall–Kier alpha value is -0.980. The Bertz CT molecular complexity index is 357. The van der Waals surface area contributed by atoms with E-state index < -0.39 is 11.9 Å². The molecule has 0 aliphatic rings. The molecule has 7 heteroatoms. The number of hydrogen-bond acceptors (Lipinski definition) is 4. The van der Waals surface area contributed by atoms with Crippen molar-refractivity contribution in [3.63, 3.8) is 0 Å². The van der Waals surface area contributed by atoms with Crippen molar-refractivity contribution in [3.8, 4) is 0 Å². The summed E-state index contributed by atoms with van der Waals surface area (Å²) in [5.74, 6) is 1.79. The van der Waals surface area contributed by atoms with E-state index in [1.807, 2.05) is 13.8 Å². The predicted molar refractivity (Wildman–Crippen MR) is 63.1 cm³/mol. The minimum atomic E-state index is -4.43. The van der Waals surface area contributed by atoms with Crippen LogP contribution >= 0.6 is 11.8 Å². The zero-order valence-corrected chi connectivity index (χ0v) is 10.4. The van der Waals surface area contributed by atoms with Gasteiger partial charge in [-0.15, -0.1) is 0 Å². The van der Waals surface area contributed by atoms with Crippen molar-refractivity contribution in [2.45, 2.75) is 26.1 Å². The molecule has 0 aliphatic carbocycles. The van der Waals surface area contributed by atoms with E-state index in [1.165, 1.54) is 0 Å². The van der Waals surface area contributed by atoms with Crippen LogP contribution in [0.2, 0.25) is 0 Å². The molecule has 17 heavy (non-hydrogen) atoms. The molecule has 0 aliphatic heterocycles. The summed E-state index contributed by atoms with van der Waals surface area (Å²) in [6, 6.07) is 0.889. The molecule has 0 aromatic carbocycles. The number of hydrogen-bond donors (Lipinski definition) is 1. The highest BCUT2D eigenvalue weighted by Crippen LogP contribution is 2.27. The topological polar surface area (TPSA) is 37.8 Å². The first-order chi connectivity index (χ1) is 7.93. The van der Waals surface area contributed by atoms with Crippen LogP contribution in [0.15, 0.2) is 12.3 Å². The van der Waals surface area contributed by atoms with E-state index in [-0.39, 0.29) is 12.0 Å². The van der Waals surface area contributed by atoms with Gasteiger partial charge in [-0.2, -0.15) is 24.9 Å². The van der Waals surface area contributed by atoms with E-state index in [0.717, 1.165) is 23.8 Å². The molecular weight excluding hydrogens is 251 g/mol. The summed E-state index contributed by atoms with van der Waals surface area (Å²) in [5, 5.41) is 2.85. The summed E-state index contributed by atoms with van der Waals surface area (Å²) in [7, 11) is 0. The van der Waals surface area contributed by atoms with E-state index in [4.69, 9.17) is 0 Å². The smallest absolute Gasteiger partial charge is 0.351 e. The van der Waals surface area contributed by atoms with Crippen LogP contribution in [0.1, 0.15) is 19.5 Å². The van der Waals surface area contributed by atoms with E-state index in [0.29, 0.717) is 0 Å². The maximum Gasteiger partial charge on any atom is 0.433 e. The van der Waals surface area contributed by atoms with Gasteiger partial charge in [0.05, 0.1) is 0 Å². The largest absolute Gasteiger partial charge is 0.433 e. The Morgan fingerprint density at radius 2 is 2.18 bits per heavy atom. The Morgan fingerprint density at radius 1 is 1.47 bits per heavy atom. The summed E-state index contributed by atoms with van der Waals surface area (Å²) in [5.41, 5.74) is -0.926. The van der Waals surface area contributed by atoms with Crippen LogP contribution in [-0.4, -0.2) is 27.5 Å². The van der Waals surface area contributed by atoms with Crippen LogP contribution in [0.5, 0.6) is 0 Å². The Morgan fingerprint density at radius 3 is 2.76 bits per heavy atom. The number of alkyl halides is 3. The van der Waals surface area contributed by atoms with E-state index in [2.05, 4.69) is 15.3 Å². The molecule has 1 aromatic heterocycles. The van der Waals surface area contributed by atoms with E-state index in [9.17, 15) is 13.2 Å². The van der Waals surface area contributed by atoms with Gasteiger partial charge in [-0.3, -0.25) is 0 Å². The molecule has 0 spiro atoms. The lowest BCUT2D eigenvalue weighted by molar-refractivity contribution is -0.141. The van der Waals surface area contributed by atoms with Gasteiger partial charge < -0.3 is 5.32 Å². The number of thioether (sulfide) groups is 1. The molecule has 1 unspecified atom stereocenters. The number of aromatic nitrogens is 2. The molecule has 3 nitrogen and oxygen atoms in total. The van der Waals surface area contributed by atoms with Gasteiger partial charge in [0.1, 0.15) is 5.69 Å². The Kier molecular flexibility index (Phi) is 5.04. The van der Waals surface area contributed by atoms with Crippen LogP contribution in [0.4, 0.5) is 19.1 Å². The standard InChI is InChI=1S/C10H14F3N3S/c1-3-17-6-7(2)15-9-14-5-4-8(16-9)10(11,12)13/h4-5,7H,3,6H2,1-2H3,(H,14,15,16). The fourth-order valence-electron chi connectivity index (χ4n) is 1.14. The number of halogens is 3. The van der Waals surface area contributed by atoms with Gasteiger partial charge in [-0.05, 0) is 18.7 Å². The van der Waals surface area contributed by atoms with Gasteiger partial charge >= 0.3 is 6.18 Å². The van der Waals surface area contributed by atoms with Crippen LogP contribution in [0.3, 0.4) is 0 Å². The van der Waals surface area contributed by atoms with Gasteiger partial charge in [0, 0.05) is 18.0 Å². The van der Waals surface area contributed by atoms with Gasteiger partial charge in [0.25, 0.3) is 0 Å². The van der Waals surface area contributed by atoms with Crippen LogP contribution in [0, 0.1) is 0 Å². The lowest BCUT2D eigenvalue weighted by Gasteiger charge is -2.13. The number of nitrogens with zero attached hydrogens (tertiary/aromatic N) is 2. The number of nitrogens with one attached hydrogen (secondary N) is 1. The third kappa shape index (κ3) is 4.80. The highest BCUT2D eigenvalue weighted by Gasteiger charge is 2.32. The van der Waals surface area contributed by atoms with Crippen molar-refractivity contribution >= 4 is 17.7 Å². The quantitative estimate of drug-likeness (QED) is 0.888. The van der Waals surface area contributed by atoms with Crippen molar-refractivity contribution in [2.75, 3.05) is 16.8 Å². The van der Waals surface area contributed by atoms with Crippen molar-refractivity contribution in [1.82, 2.24) is 9.97 Å². The molecular formula is C10H14F3N3S. The third-order valence-electron chi connectivity index (χ3n) is 1.89. The molecule has 1 N–H and O–H groups in total. The lowest BCUT2D eigenvalue weighted by Crippen LogP contribution is -2.21. The molecule has 0 saturated carbocycles. The minimum absolute atomic E-state index is 0.0176. The third-order valence-corrected chi connectivity index (χ3v) is 3.04. The van der Waals surface area contributed by atoms with Crippen molar-refractivity contribution in [1.29, 1.82) is 0 Å². The minimum Gasteiger partial charge on any atom is -0.351 e. The summed E-state index contributed by atoms with van der Waals surface area (Å²) in [6.45, 7) is 3.91. The highest BCUT2D eigenvalue weighted by molar-refractivity contribution is 7.99. The molecule has 0 radical (unpaired) electrons. The molecule has 0 fully saturated rings. The normalized spacial score (nSPS) is 13.5. The molecule has 1 rings (SSSR count). The zero-order valence-electron chi connectivity index (χ0n) is 9.58. The first kappa shape index (κ1) is 14.1. The fourth-order valence-corrected chi connectivity index (χ4v) is 1.82.